The number of aryl methyl sites for hydroxylation is 1. The molecule has 0 saturated carbocycles. The van der Waals surface area contributed by atoms with Crippen molar-refractivity contribution < 1.29 is 9.59 Å². The molecule has 1 aromatic rings. The van der Waals surface area contributed by atoms with Crippen molar-refractivity contribution in [3.63, 3.8) is 0 Å². The highest BCUT2D eigenvalue weighted by Gasteiger charge is 2.13. The highest BCUT2D eigenvalue weighted by atomic mass is 32.1. The summed E-state index contributed by atoms with van der Waals surface area (Å²) in [6.07, 6.45) is 3.15. The summed E-state index contributed by atoms with van der Waals surface area (Å²) in [5, 5.41) is 6.12. The fraction of sp³-hybridized carbons (Fsp3) is 0.615. The van der Waals surface area contributed by atoms with Crippen molar-refractivity contribution in [1.29, 1.82) is 0 Å². The van der Waals surface area contributed by atoms with Gasteiger partial charge in [-0.3, -0.25) is 9.59 Å². The molecule has 5 nitrogen and oxygen atoms in total. The largest absolute Gasteiger partial charge is 0.356 e. The van der Waals surface area contributed by atoms with Gasteiger partial charge < -0.3 is 10.6 Å². The van der Waals surface area contributed by atoms with Gasteiger partial charge in [0.05, 0.1) is 12.1 Å². The predicted octanol–water partition coefficient (Wildman–Crippen LogP) is 2.12. The average molecular weight is 283 g/mol. The van der Waals surface area contributed by atoms with Crippen molar-refractivity contribution in [2.75, 3.05) is 11.9 Å². The summed E-state index contributed by atoms with van der Waals surface area (Å²) in [4.78, 5) is 28.0. The van der Waals surface area contributed by atoms with Crippen molar-refractivity contribution in [3.8, 4) is 0 Å². The topological polar surface area (TPSA) is 71.1 Å². The van der Waals surface area contributed by atoms with Crippen molar-refractivity contribution in [2.45, 2.75) is 46.5 Å². The Morgan fingerprint density at radius 1 is 1.32 bits per heavy atom. The van der Waals surface area contributed by atoms with E-state index in [1.165, 1.54) is 18.3 Å². The summed E-state index contributed by atoms with van der Waals surface area (Å²) < 4.78 is 0. The summed E-state index contributed by atoms with van der Waals surface area (Å²) in [5.41, 5.74) is 0.888. The lowest BCUT2D eigenvalue weighted by Gasteiger charge is -2.03. The molecule has 2 amide bonds. The molecule has 19 heavy (non-hydrogen) atoms. The number of carbonyl (C=O) groups excluding carboxylic acids is 2. The lowest BCUT2D eigenvalue weighted by molar-refractivity contribution is -0.120. The maximum atomic E-state index is 11.8. The number of anilines is 1. The zero-order chi connectivity index (χ0) is 14.3. The number of aromatic nitrogens is 1. The monoisotopic (exact) mass is 283 g/mol. The SMILES string of the molecule is CCCCNC(=O)Cc1sc(NC(C)=O)nc1CC. The second-order valence-corrected chi connectivity index (χ2v) is 5.39. The summed E-state index contributed by atoms with van der Waals surface area (Å²) in [7, 11) is 0. The van der Waals surface area contributed by atoms with Crippen LogP contribution in [0.3, 0.4) is 0 Å². The molecular formula is C13H21N3O2S. The first-order valence-corrected chi connectivity index (χ1v) is 7.41. The third-order valence-electron chi connectivity index (χ3n) is 2.57. The summed E-state index contributed by atoms with van der Waals surface area (Å²) in [6, 6.07) is 0. The Balaban J connectivity index is 2.63. The van der Waals surface area contributed by atoms with Gasteiger partial charge in [0.25, 0.3) is 0 Å². The number of unbranched alkanes of at least 4 members (excludes halogenated alkanes) is 1. The van der Waals surface area contributed by atoms with Crippen LogP contribution in [-0.4, -0.2) is 23.3 Å². The van der Waals surface area contributed by atoms with Crippen LogP contribution in [-0.2, 0) is 22.4 Å². The maximum Gasteiger partial charge on any atom is 0.225 e. The Hall–Kier alpha value is -1.43. The van der Waals surface area contributed by atoms with Gasteiger partial charge in [-0.15, -0.1) is 11.3 Å². The molecule has 0 atom stereocenters. The zero-order valence-electron chi connectivity index (χ0n) is 11.7. The van der Waals surface area contributed by atoms with Crippen LogP contribution < -0.4 is 10.6 Å². The predicted molar refractivity (Wildman–Crippen MR) is 77.4 cm³/mol. The van der Waals surface area contributed by atoms with E-state index in [9.17, 15) is 9.59 Å². The van der Waals surface area contributed by atoms with E-state index in [0.29, 0.717) is 18.1 Å². The van der Waals surface area contributed by atoms with Gasteiger partial charge in [-0.2, -0.15) is 0 Å². The van der Waals surface area contributed by atoms with Gasteiger partial charge >= 0.3 is 0 Å². The summed E-state index contributed by atoms with van der Waals surface area (Å²) in [5.74, 6) is -0.128. The highest BCUT2D eigenvalue weighted by Crippen LogP contribution is 2.24. The number of hydrogen-bond donors (Lipinski definition) is 2. The number of carbonyl (C=O) groups is 2. The molecule has 6 heteroatoms. The van der Waals surface area contributed by atoms with E-state index in [1.54, 1.807) is 0 Å². The molecule has 0 aromatic carbocycles. The Labute approximate surface area is 117 Å². The van der Waals surface area contributed by atoms with Crippen LogP contribution in [0.15, 0.2) is 0 Å². The molecule has 0 spiro atoms. The van der Waals surface area contributed by atoms with Crippen LogP contribution in [0.2, 0.25) is 0 Å². The smallest absolute Gasteiger partial charge is 0.225 e. The van der Waals surface area contributed by atoms with Crippen molar-refractivity contribution >= 4 is 28.3 Å². The van der Waals surface area contributed by atoms with Gasteiger partial charge in [-0.05, 0) is 12.8 Å². The molecule has 0 aliphatic carbocycles. The minimum absolute atomic E-state index is 0.0150. The molecule has 0 unspecified atom stereocenters. The first kappa shape index (κ1) is 15.6. The van der Waals surface area contributed by atoms with E-state index >= 15 is 0 Å². The molecular weight excluding hydrogens is 262 g/mol. The average Bonchev–Trinajstić information content (AvgIpc) is 2.70. The van der Waals surface area contributed by atoms with E-state index in [-0.39, 0.29) is 11.8 Å². The molecule has 0 aliphatic heterocycles. The Morgan fingerprint density at radius 2 is 2.05 bits per heavy atom. The van der Waals surface area contributed by atoms with E-state index < -0.39 is 0 Å². The van der Waals surface area contributed by atoms with E-state index in [2.05, 4.69) is 22.5 Å². The molecule has 1 heterocycles. The molecule has 1 rings (SSSR count). The number of amides is 2. The van der Waals surface area contributed by atoms with Gasteiger partial charge in [0.2, 0.25) is 11.8 Å². The number of thiazole rings is 1. The highest BCUT2D eigenvalue weighted by molar-refractivity contribution is 7.16. The van der Waals surface area contributed by atoms with Crippen LogP contribution >= 0.6 is 11.3 Å². The molecule has 0 bridgehead atoms. The second-order valence-electron chi connectivity index (χ2n) is 4.30. The standard InChI is InChI=1S/C13H21N3O2S/c1-4-6-7-14-12(18)8-11-10(5-2)16-13(19-11)15-9(3)17/h4-8H2,1-3H3,(H,14,18)(H,15,16,17). The molecule has 0 saturated heterocycles. The molecule has 2 N–H and O–H groups in total. The first-order chi connectivity index (χ1) is 9.06. The van der Waals surface area contributed by atoms with Crippen LogP contribution in [0.4, 0.5) is 5.13 Å². The van der Waals surface area contributed by atoms with Gasteiger partial charge in [0.1, 0.15) is 0 Å². The Morgan fingerprint density at radius 3 is 2.63 bits per heavy atom. The summed E-state index contributed by atoms with van der Waals surface area (Å²) in [6.45, 7) is 6.24. The maximum absolute atomic E-state index is 11.8. The van der Waals surface area contributed by atoms with Crippen molar-refractivity contribution in [2.24, 2.45) is 0 Å². The third kappa shape index (κ3) is 5.38. The normalized spacial score (nSPS) is 10.3. The second kappa shape index (κ2) is 7.89. The number of nitrogens with zero attached hydrogens (tertiary/aromatic N) is 1. The van der Waals surface area contributed by atoms with Gasteiger partial charge in [-0.1, -0.05) is 20.3 Å². The number of rotatable bonds is 7. The zero-order valence-corrected chi connectivity index (χ0v) is 12.5. The van der Waals surface area contributed by atoms with Gasteiger partial charge in [-0.25, -0.2) is 4.98 Å². The quantitative estimate of drug-likeness (QED) is 0.753. The molecule has 106 valence electrons. The van der Waals surface area contributed by atoms with Crippen molar-refractivity contribution in [3.05, 3.63) is 10.6 Å². The molecule has 0 aliphatic rings. The van der Waals surface area contributed by atoms with Crippen molar-refractivity contribution in [1.82, 2.24) is 10.3 Å². The third-order valence-corrected chi connectivity index (χ3v) is 3.58. The van der Waals surface area contributed by atoms with Gasteiger partial charge in [0.15, 0.2) is 5.13 Å². The van der Waals surface area contributed by atoms with Crippen LogP contribution in [0.5, 0.6) is 0 Å². The van der Waals surface area contributed by atoms with Crippen LogP contribution in [0.25, 0.3) is 0 Å². The first-order valence-electron chi connectivity index (χ1n) is 6.59. The fourth-order valence-electron chi connectivity index (χ4n) is 1.61. The van der Waals surface area contributed by atoms with Crippen LogP contribution in [0.1, 0.15) is 44.2 Å². The molecule has 0 radical (unpaired) electrons. The minimum atomic E-state index is -0.143. The van der Waals surface area contributed by atoms with Gasteiger partial charge in [0, 0.05) is 18.3 Å². The fourth-order valence-corrected chi connectivity index (χ4v) is 2.71. The minimum Gasteiger partial charge on any atom is -0.356 e. The Bertz CT molecular complexity index is 443. The molecule has 1 aromatic heterocycles. The lowest BCUT2D eigenvalue weighted by Crippen LogP contribution is -2.26. The summed E-state index contributed by atoms with van der Waals surface area (Å²) >= 11 is 1.38. The van der Waals surface area contributed by atoms with Crippen LogP contribution in [0, 0.1) is 0 Å². The van der Waals surface area contributed by atoms with E-state index in [4.69, 9.17) is 0 Å². The molecule has 0 fully saturated rings. The van der Waals surface area contributed by atoms with E-state index in [0.717, 1.165) is 29.8 Å². The van der Waals surface area contributed by atoms with E-state index in [1.807, 2.05) is 6.92 Å². The number of hydrogen-bond acceptors (Lipinski definition) is 4. The lowest BCUT2D eigenvalue weighted by atomic mass is 10.2. The Kier molecular flexibility index (Phi) is 6.49. The number of nitrogens with one attached hydrogen (secondary N) is 2.